The molecule has 5 aromatic rings. The second-order valence-corrected chi connectivity index (χ2v) is 7.34. The monoisotopic (exact) mass is 351 g/mol. The van der Waals surface area contributed by atoms with Crippen LogP contribution in [0.4, 0.5) is 11.4 Å². The van der Waals surface area contributed by atoms with Gasteiger partial charge in [0.2, 0.25) is 0 Å². The fraction of sp³-hybridized carbons (Fsp3) is 0. The molecule has 26 heavy (non-hydrogen) atoms. The maximum atomic E-state index is 3.58. The second-order valence-electron chi connectivity index (χ2n) is 6.32. The first kappa shape index (κ1) is 15.2. The lowest BCUT2D eigenvalue weighted by Gasteiger charge is -2.07. The molecule has 2 heteroatoms. The number of hydrogen-bond acceptors (Lipinski definition) is 2. The van der Waals surface area contributed by atoms with Gasteiger partial charge in [0.05, 0.1) is 10.4 Å². The van der Waals surface area contributed by atoms with Gasteiger partial charge in [0.15, 0.2) is 0 Å². The molecule has 1 N–H and O–H groups in total. The molecule has 1 heterocycles. The fourth-order valence-corrected chi connectivity index (χ4v) is 4.75. The Balaban J connectivity index is 1.73. The molecule has 0 aliphatic rings. The van der Waals surface area contributed by atoms with Crippen molar-refractivity contribution < 1.29 is 0 Å². The molecule has 0 unspecified atom stereocenters. The van der Waals surface area contributed by atoms with Crippen LogP contribution in [0.15, 0.2) is 97.1 Å². The van der Waals surface area contributed by atoms with E-state index in [1.165, 1.54) is 31.3 Å². The van der Waals surface area contributed by atoms with Crippen LogP contribution in [0.3, 0.4) is 0 Å². The molecule has 0 radical (unpaired) electrons. The highest BCUT2D eigenvalue weighted by molar-refractivity contribution is 7.27. The average Bonchev–Trinajstić information content (AvgIpc) is 3.09. The lowest BCUT2D eigenvalue weighted by atomic mass is 10.0. The summed E-state index contributed by atoms with van der Waals surface area (Å²) in [6.45, 7) is 0. The van der Waals surface area contributed by atoms with E-state index in [1.807, 2.05) is 17.4 Å². The van der Waals surface area contributed by atoms with E-state index in [9.17, 15) is 0 Å². The molecule has 4 aromatic carbocycles. The molecule has 0 fully saturated rings. The van der Waals surface area contributed by atoms with Gasteiger partial charge in [-0.05, 0) is 29.3 Å². The SMILES string of the molecule is c1ccc(Nc2cccc3c2sc2c(-c4ccccc4)cccc23)cc1. The maximum Gasteiger partial charge on any atom is 0.0590 e. The zero-order chi connectivity index (χ0) is 17.3. The normalized spacial score (nSPS) is 11.1. The van der Waals surface area contributed by atoms with E-state index in [-0.39, 0.29) is 0 Å². The number of hydrogen-bond donors (Lipinski definition) is 1. The van der Waals surface area contributed by atoms with E-state index in [0.717, 1.165) is 11.4 Å². The van der Waals surface area contributed by atoms with Crippen LogP contribution in [0.25, 0.3) is 31.3 Å². The van der Waals surface area contributed by atoms with E-state index in [2.05, 4.69) is 96.3 Å². The summed E-state index contributed by atoms with van der Waals surface area (Å²) in [7, 11) is 0. The number of para-hydroxylation sites is 1. The topological polar surface area (TPSA) is 12.0 Å². The number of benzene rings is 4. The highest BCUT2D eigenvalue weighted by Gasteiger charge is 2.12. The van der Waals surface area contributed by atoms with Crippen molar-refractivity contribution in [2.45, 2.75) is 0 Å². The van der Waals surface area contributed by atoms with E-state index >= 15 is 0 Å². The van der Waals surface area contributed by atoms with Crippen molar-refractivity contribution in [1.29, 1.82) is 0 Å². The second kappa shape index (κ2) is 6.32. The highest BCUT2D eigenvalue weighted by Crippen LogP contribution is 2.43. The third kappa shape index (κ3) is 2.56. The van der Waals surface area contributed by atoms with Gasteiger partial charge in [-0.15, -0.1) is 11.3 Å². The minimum Gasteiger partial charge on any atom is -0.354 e. The zero-order valence-corrected chi connectivity index (χ0v) is 15.0. The quantitative estimate of drug-likeness (QED) is 0.355. The van der Waals surface area contributed by atoms with Crippen LogP contribution in [0.2, 0.25) is 0 Å². The van der Waals surface area contributed by atoms with Crippen molar-refractivity contribution in [1.82, 2.24) is 0 Å². The van der Waals surface area contributed by atoms with Gasteiger partial charge in [0.25, 0.3) is 0 Å². The Morgan fingerprint density at radius 1 is 0.538 bits per heavy atom. The lowest BCUT2D eigenvalue weighted by molar-refractivity contribution is 1.59. The minimum absolute atomic E-state index is 1.11. The molecule has 124 valence electrons. The number of fused-ring (bicyclic) bond motifs is 3. The summed E-state index contributed by atoms with van der Waals surface area (Å²) in [5.41, 5.74) is 4.84. The Kier molecular flexibility index (Phi) is 3.69. The van der Waals surface area contributed by atoms with Crippen molar-refractivity contribution in [3.63, 3.8) is 0 Å². The molecule has 0 saturated heterocycles. The molecule has 1 aromatic heterocycles. The van der Waals surface area contributed by atoms with Crippen LogP contribution in [0.1, 0.15) is 0 Å². The summed E-state index contributed by atoms with van der Waals surface area (Å²) in [6, 6.07) is 34.1. The van der Waals surface area contributed by atoms with Gasteiger partial charge >= 0.3 is 0 Å². The summed E-state index contributed by atoms with van der Waals surface area (Å²) in [5, 5.41) is 6.21. The number of thiophene rings is 1. The average molecular weight is 351 g/mol. The van der Waals surface area contributed by atoms with Crippen molar-refractivity contribution in [2.75, 3.05) is 5.32 Å². The van der Waals surface area contributed by atoms with Crippen LogP contribution < -0.4 is 5.32 Å². The van der Waals surface area contributed by atoms with Gasteiger partial charge in [0.1, 0.15) is 0 Å². The predicted molar refractivity (Wildman–Crippen MR) is 114 cm³/mol. The Morgan fingerprint density at radius 3 is 1.96 bits per heavy atom. The van der Waals surface area contributed by atoms with Crippen LogP contribution in [0, 0.1) is 0 Å². The first-order valence-corrected chi connectivity index (χ1v) is 9.53. The first-order valence-electron chi connectivity index (χ1n) is 8.72. The summed E-state index contributed by atoms with van der Waals surface area (Å²) >= 11 is 1.87. The Hall–Kier alpha value is -3.10. The molecule has 0 bridgehead atoms. The predicted octanol–water partition coefficient (Wildman–Crippen LogP) is 7.47. The standard InChI is InChI=1S/C24H17NS/c1-3-9-17(10-4-1)19-13-7-14-20-21-15-8-16-22(24(21)26-23(19)20)25-18-11-5-2-6-12-18/h1-16,25H. The smallest absolute Gasteiger partial charge is 0.0590 e. The molecule has 5 rings (SSSR count). The molecular formula is C24H17NS. The summed E-state index contributed by atoms with van der Waals surface area (Å²) in [6.07, 6.45) is 0. The molecule has 0 aliphatic carbocycles. The van der Waals surface area contributed by atoms with Gasteiger partial charge in [-0.3, -0.25) is 0 Å². The number of anilines is 2. The summed E-state index contributed by atoms with van der Waals surface area (Å²) < 4.78 is 2.64. The fourth-order valence-electron chi connectivity index (χ4n) is 3.44. The molecule has 0 saturated carbocycles. The maximum absolute atomic E-state index is 3.58. The molecular weight excluding hydrogens is 334 g/mol. The molecule has 0 spiro atoms. The van der Waals surface area contributed by atoms with Gasteiger partial charge < -0.3 is 5.32 Å². The Labute approximate surface area is 156 Å². The van der Waals surface area contributed by atoms with E-state index in [1.54, 1.807) is 0 Å². The zero-order valence-electron chi connectivity index (χ0n) is 14.1. The third-order valence-electron chi connectivity index (χ3n) is 4.66. The third-order valence-corrected chi connectivity index (χ3v) is 5.95. The lowest BCUT2D eigenvalue weighted by Crippen LogP contribution is -1.89. The van der Waals surface area contributed by atoms with Gasteiger partial charge in [0, 0.05) is 21.2 Å². The molecule has 1 nitrogen and oxygen atoms in total. The molecule has 0 atom stereocenters. The van der Waals surface area contributed by atoms with Crippen molar-refractivity contribution in [3.8, 4) is 11.1 Å². The van der Waals surface area contributed by atoms with Crippen LogP contribution in [0.5, 0.6) is 0 Å². The van der Waals surface area contributed by atoms with Gasteiger partial charge in [-0.1, -0.05) is 78.9 Å². The minimum atomic E-state index is 1.11. The van der Waals surface area contributed by atoms with E-state index in [4.69, 9.17) is 0 Å². The van der Waals surface area contributed by atoms with E-state index < -0.39 is 0 Å². The van der Waals surface area contributed by atoms with Crippen molar-refractivity contribution >= 4 is 42.9 Å². The molecule has 0 amide bonds. The van der Waals surface area contributed by atoms with Crippen LogP contribution in [-0.2, 0) is 0 Å². The Bertz CT molecular complexity index is 1190. The Morgan fingerprint density at radius 2 is 1.19 bits per heavy atom. The highest BCUT2D eigenvalue weighted by atomic mass is 32.1. The van der Waals surface area contributed by atoms with Gasteiger partial charge in [-0.25, -0.2) is 0 Å². The first-order chi connectivity index (χ1) is 12.9. The number of rotatable bonds is 3. The van der Waals surface area contributed by atoms with E-state index in [0.29, 0.717) is 0 Å². The van der Waals surface area contributed by atoms with Crippen LogP contribution >= 0.6 is 11.3 Å². The number of nitrogens with one attached hydrogen (secondary N) is 1. The summed E-state index contributed by atoms with van der Waals surface area (Å²) in [4.78, 5) is 0. The van der Waals surface area contributed by atoms with Crippen molar-refractivity contribution in [2.24, 2.45) is 0 Å². The largest absolute Gasteiger partial charge is 0.354 e. The van der Waals surface area contributed by atoms with Crippen molar-refractivity contribution in [3.05, 3.63) is 97.1 Å². The molecule has 0 aliphatic heterocycles. The summed E-state index contributed by atoms with van der Waals surface area (Å²) in [5.74, 6) is 0. The van der Waals surface area contributed by atoms with Crippen LogP contribution in [-0.4, -0.2) is 0 Å². The van der Waals surface area contributed by atoms with Gasteiger partial charge in [-0.2, -0.15) is 0 Å².